The van der Waals surface area contributed by atoms with Gasteiger partial charge in [0.2, 0.25) is 5.89 Å². The summed E-state index contributed by atoms with van der Waals surface area (Å²) in [4.78, 5) is 9.72. The second-order valence-corrected chi connectivity index (χ2v) is 12.0. The second kappa shape index (κ2) is 10.0. The van der Waals surface area contributed by atoms with Crippen LogP contribution in [0.5, 0.6) is 0 Å². The lowest BCUT2D eigenvalue weighted by Gasteiger charge is -2.10. The van der Waals surface area contributed by atoms with E-state index in [1.165, 1.54) is 4.70 Å². The maximum absolute atomic E-state index is 9.18. The van der Waals surface area contributed by atoms with Crippen LogP contribution in [-0.2, 0) is 0 Å². The number of hydrogen-bond acceptors (Lipinski definition) is 5. The van der Waals surface area contributed by atoms with Crippen LogP contribution in [0.3, 0.4) is 0 Å². The molecule has 9 aromatic rings. The number of fused-ring (bicyclic) bond motifs is 5. The molecule has 9 rings (SSSR count). The third-order valence-electron chi connectivity index (χ3n) is 8.32. The van der Waals surface area contributed by atoms with Crippen molar-refractivity contribution in [2.75, 3.05) is 0 Å². The van der Waals surface area contributed by atoms with Crippen LogP contribution in [0.15, 0.2) is 138 Å². The van der Waals surface area contributed by atoms with Gasteiger partial charge in [-0.05, 0) is 96.1 Å². The summed E-state index contributed by atoms with van der Waals surface area (Å²) in [6, 6.07) is 47.6. The number of rotatable bonds is 4. The molecule has 0 fully saturated rings. The largest absolute Gasteiger partial charge is 0.436 e. The van der Waals surface area contributed by atoms with Gasteiger partial charge in [0.15, 0.2) is 5.58 Å². The van der Waals surface area contributed by atoms with Crippen molar-refractivity contribution in [2.45, 2.75) is 0 Å². The van der Waals surface area contributed by atoms with Gasteiger partial charge < -0.3 is 8.98 Å². The molecule has 0 saturated carbocycles. The van der Waals surface area contributed by atoms with E-state index < -0.39 is 0 Å². The summed E-state index contributed by atoms with van der Waals surface area (Å²) in [5, 5.41) is 12.4. The number of thiazole rings is 1. The minimum atomic E-state index is 0.605. The third kappa shape index (κ3) is 4.21. The van der Waals surface area contributed by atoms with Crippen LogP contribution in [-0.4, -0.2) is 14.5 Å². The highest BCUT2D eigenvalue weighted by atomic mass is 32.1. The molecule has 0 N–H and O–H groups in total. The Morgan fingerprint density at radius 1 is 0.600 bits per heavy atom. The van der Waals surface area contributed by atoms with Crippen molar-refractivity contribution < 1.29 is 4.42 Å². The van der Waals surface area contributed by atoms with Gasteiger partial charge in [0, 0.05) is 27.6 Å². The average Bonchev–Trinajstić information content (AvgIpc) is 3.82. The van der Waals surface area contributed by atoms with E-state index in [2.05, 4.69) is 89.5 Å². The first kappa shape index (κ1) is 25.5. The van der Waals surface area contributed by atoms with E-state index in [0.717, 1.165) is 71.4 Å². The summed E-state index contributed by atoms with van der Waals surface area (Å²) in [5.74, 6) is 0.605. The van der Waals surface area contributed by atoms with Crippen LogP contribution < -0.4 is 0 Å². The molecule has 0 saturated heterocycles. The molecule has 0 spiro atoms. The molecular weight excluding hydrogens is 573 g/mol. The van der Waals surface area contributed by atoms with Gasteiger partial charge in [0.1, 0.15) is 10.5 Å². The molecule has 3 aromatic heterocycles. The van der Waals surface area contributed by atoms with Gasteiger partial charge in [-0.25, -0.2) is 9.97 Å². The SMILES string of the molecule is N#Cc1ccc(-c2ccc(-n3c4ccc(-c5nc6ccccc6o5)cc4c4cc(-c5nc6ccccc6s5)ccc43)cc2)cc1. The summed E-state index contributed by atoms with van der Waals surface area (Å²) in [5.41, 5.74) is 10.7. The van der Waals surface area contributed by atoms with Crippen molar-refractivity contribution in [2.24, 2.45) is 0 Å². The topological polar surface area (TPSA) is 67.6 Å². The van der Waals surface area contributed by atoms with E-state index in [1.807, 2.05) is 54.6 Å². The van der Waals surface area contributed by atoms with Crippen molar-refractivity contribution in [3.63, 3.8) is 0 Å². The van der Waals surface area contributed by atoms with Crippen molar-refractivity contribution in [3.8, 4) is 44.9 Å². The summed E-state index contributed by atoms with van der Waals surface area (Å²) in [6.07, 6.45) is 0. The lowest BCUT2D eigenvalue weighted by molar-refractivity contribution is 0.620. The Kier molecular flexibility index (Phi) is 5.67. The van der Waals surface area contributed by atoms with Crippen LogP contribution in [0.25, 0.3) is 82.0 Å². The predicted octanol–water partition coefficient (Wildman–Crippen LogP) is 10.4. The zero-order valence-corrected chi connectivity index (χ0v) is 24.6. The summed E-state index contributed by atoms with van der Waals surface area (Å²) in [7, 11) is 0. The quantitative estimate of drug-likeness (QED) is 0.203. The molecule has 0 amide bonds. The lowest BCUT2D eigenvalue weighted by atomic mass is 10.0. The minimum absolute atomic E-state index is 0.605. The number of aromatic nitrogens is 3. The zero-order chi connectivity index (χ0) is 29.9. The van der Waals surface area contributed by atoms with Gasteiger partial charge in [-0.3, -0.25) is 0 Å². The van der Waals surface area contributed by atoms with E-state index in [9.17, 15) is 5.26 Å². The van der Waals surface area contributed by atoms with Crippen LogP contribution in [0.4, 0.5) is 0 Å². The molecule has 0 aliphatic rings. The maximum Gasteiger partial charge on any atom is 0.227 e. The molecule has 210 valence electrons. The number of nitriles is 1. The summed E-state index contributed by atoms with van der Waals surface area (Å²) >= 11 is 1.71. The number of benzene rings is 6. The maximum atomic E-state index is 9.18. The fourth-order valence-electron chi connectivity index (χ4n) is 6.10. The Bertz CT molecular complexity index is 2400. The average molecular weight is 595 g/mol. The van der Waals surface area contributed by atoms with Crippen LogP contribution in [0, 0.1) is 11.3 Å². The van der Waals surface area contributed by atoms with Gasteiger partial charge in [-0.2, -0.15) is 5.26 Å². The Morgan fingerprint density at radius 2 is 1.22 bits per heavy atom. The Labute approximate surface area is 261 Å². The normalized spacial score (nSPS) is 11.5. The number of para-hydroxylation sites is 3. The highest BCUT2D eigenvalue weighted by molar-refractivity contribution is 7.21. The van der Waals surface area contributed by atoms with Crippen molar-refractivity contribution >= 4 is 54.5 Å². The van der Waals surface area contributed by atoms with E-state index in [4.69, 9.17) is 14.4 Å². The summed E-state index contributed by atoms with van der Waals surface area (Å²) < 4.78 is 9.65. The van der Waals surface area contributed by atoms with Gasteiger partial charge in [-0.1, -0.05) is 48.5 Å². The van der Waals surface area contributed by atoms with Gasteiger partial charge in [0.25, 0.3) is 0 Å². The Hall–Kier alpha value is -6.03. The Morgan fingerprint density at radius 3 is 1.93 bits per heavy atom. The molecule has 0 radical (unpaired) electrons. The third-order valence-corrected chi connectivity index (χ3v) is 9.41. The molecule has 6 aromatic carbocycles. The molecule has 0 aliphatic heterocycles. The van der Waals surface area contributed by atoms with Crippen molar-refractivity contribution in [3.05, 3.63) is 139 Å². The van der Waals surface area contributed by atoms with E-state index >= 15 is 0 Å². The van der Waals surface area contributed by atoms with Crippen molar-refractivity contribution in [1.82, 2.24) is 14.5 Å². The highest BCUT2D eigenvalue weighted by Gasteiger charge is 2.17. The van der Waals surface area contributed by atoms with Gasteiger partial charge in [0.05, 0.1) is 32.9 Å². The molecule has 0 unspecified atom stereocenters. The highest BCUT2D eigenvalue weighted by Crippen LogP contribution is 2.39. The molecule has 0 bridgehead atoms. The number of oxazole rings is 1. The first-order valence-electron chi connectivity index (χ1n) is 14.6. The second-order valence-electron chi connectivity index (χ2n) is 11.0. The molecule has 0 atom stereocenters. The number of hydrogen-bond donors (Lipinski definition) is 0. The van der Waals surface area contributed by atoms with E-state index in [0.29, 0.717) is 11.5 Å². The van der Waals surface area contributed by atoms with Crippen LogP contribution >= 0.6 is 11.3 Å². The summed E-state index contributed by atoms with van der Waals surface area (Å²) in [6.45, 7) is 0. The van der Waals surface area contributed by atoms with Crippen molar-refractivity contribution in [1.29, 1.82) is 5.26 Å². The van der Waals surface area contributed by atoms with E-state index in [1.54, 1.807) is 11.3 Å². The molecule has 5 nitrogen and oxygen atoms in total. The first-order chi connectivity index (χ1) is 22.2. The first-order valence-corrected chi connectivity index (χ1v) is 15.4. The smallest absolute Gasteiger partial charge is 0.227 e. The zero-order valence-electron chi connectivity index (χ0n) is 23.8. The molecule has 0 aliphatic carbocycles. The van der Waals surface area contributed by atoms with E-state index in [-0.39, 0.29) is 0 Å². The van der Waals surface area contributed by atoms with Crippen LogP contribution in [0.2, 0.25) is 0 Å². The molecule has 6 heteroatoms. The fourth-order valence-corrected chi connectivity index (χ4v) is 7.06. The molecule has 3 heterocycles. The fraction of sp³-hybridized carbons (Fsp3) is 0. The molecule has 45 heavy (non-hydrogen) atoms. The van der Waals surface area contributed by atoms with Gasteiger partial charge >= 0.3 is 0 Å². The monoisotopic (exact) mass is 594 g/mol. The molecular formula is C39H22N4OS. The minimum Gasteiger partial charge on any atom is -0.436 e. The lowest BCUT2D eigenvalue weighted by Crippen LogP contribution is -1.94. The number of nitrogens with zero attached hydrogens (tertiary/aromatic N) is 4. The van der Waals surface area contributed by atoms with Crippen LogP contribution in [0.1, 0.15) is 5.56 Å². The standard InChI is InChI=1S/C39H22N4OS/c40-23-24-9-11-25(12-10-24)26-13-17-29(18-14-26)43-34-19-15-27(38-41-32-5-1-3-7-36(32)44-38)21-30(34)31-22-28(16-20-35(31)43)39-42-33-6-2-4-8-37(33)45-39/h1-22H. The van der Waals surface area contributed by atoms with Gasteiger partial charge in [-0.15, -0.1) is 11.3 Å². The Balaban J connectivity index is 1.23. The predicted molar refractivity (Wildman–Crippen MR) is 183 cm³/mol.